The van der Waals surface area contributed by atoms with Crippen molar-refractivity contribution in [1.82, 2.24) is 0 Å². The van der Waals surface area contributed by atoms with Crippen molar-refractivity contribution in [3.8, 4) is 17.2 Å². The van der Waals surface area contributed by atoms with E-state index in [4.69, 9.17) is 25.8 Å². The summed E-state index contributed by atoms with van der Waals surface area (Å²) in [4.78, 5) is 12.8. The Balaban J connectivity index is 2.26. The van der Waals surface area contributed by atoms with Crippen molar-refractivity contribution in [2.75, 3.05) is 36.1 Å². The normalized spacial score (nSPS) is 11.0. The lowest BCUT2D eigenvalue weighted by atomic mass is 10.1. The fraction of sp³-hybridized carbons (Fsp3) is 0.409. The van der Waals surface area contributed by atoms with Crippen molar-refractivity contribution >= 4 is 38.9 Å². The summed E-state index contributed by atoms with van der Waals surface area (Å²) in [7, 11) is -2.06. The monoisotopic (exact) mass is 484 g/mol. The Labute approximate surface area is 194 Å². The highest BCUT2D eigenvalue weighted by atomic mass is 35.5. The van der Waals surface area contributed by atoms with Gasteiger partial charge < -0.3 is 19.5 Å². The maximum absolute atomic E-state index is 12.8. The van der Waals surface area contributed by atoms with Gasteiger partial charge in [-0.05, 0) is 44.5 Å². The Hall–Kier alpha value is -2.65. The molecule has 1 amide bonds. The Bertz CT molecular complexity index is 1040. The number of hydrogen-bond acceptors (Lipinski definition) is 6. The lowest BCUT2D eigenvalue weighted by Gasteiger charge is -2.16. The predicted molar refractivity (Wildman–Crippen MR) is 127 cm³/mol. The molecule has 0 fully saturated rings. The molecule has 0 saturated carbocycles. The van der Waals surface area contributed by atoms with Gasteiger partial charge in [0.15, 0.2) is 11.5 Å². The lowest BCUT2D eigenvalue weighted by molar-refractivity contribution is 0.102. The molecule has 8 nitrogen and oxygen atoms in total. The highest BCUT2D eigenvalue weighted by Crippen LogP contribution is 2.37. The van der Waals surface area contributed by atoms with Gasteiger partial charge in [-0.3, -0.25) is 9.52 Å². The van der Waals surface area contributed by atoms with Crippen molar-refractivity contribution in [1.29, 1.82) is 0 Å². The first-order valence-electron chi connectivity index (χ1n) is 10.3. The molecule has 2 rings (SSSR count). The van der Waals surface area contributed by atoms with Crippen LogP contribution in [0.1, 0.15) is 44.0 Å². The summed E-state index contributed by atoms with van der Waals surface area (Å²) in [6.45, 7) is 6.30. The van der Waals surface area contributed by atoms with E-state index in [0.29, 0.717) is 30.4 Å². The number of carbonyl (C=O) groups is 1. The summed E-state index contributed by atoms with van der Waals surface area (Å²) in [5, 5.41) is 3.03. The van der Waals surface area contributed by atoms with Crippen molar-refractivity contribution in [3.63, 3.8) is 0 Å². The number of anilines is 2. The molecule has 0 aliphatic rings. The summed E-state index contributed by atoms with van der Waals surface area (Å²) in [5.74, 6) is 0.579. The van der Waals surface area contributed by atoms with Crippen LogP contribution in [0.5, 0.6) is 17.2 Å². The molecule has 0 unspecified atom stereocenters. The van der Waals surface area contributed by atoms with Gasteiger partial charge in [-0.2, -0.15) is 0 Å². The van der Waals surface area contributed by atoms with Crippen LogP contribution in [0.25, 0.3) is 0 Å². The third-order valence-electron chi connectivity index (χ3n) is 4.42. The Kier molecular flexibility index (Phi) is 9.46. The van der Waals surface area contributed by atoms with E-state index in [9.17, 15) is 13.2 Å². The second-order valence-electron chi connectivity index (χ2n) is 6.80. The smallest absolute Gasteiger partial charge is 0.255 e. The number of unbranched alkanes of at least 4 members (excludes halogenated alkanes) is 1. The zero-order valence-electron chi connectivity index (χ0n) is 18.7. The van der Waals surface area contributed by atoms with Gasteiger partial charge in [0.25, 0.3) is 5.91 Å². The Morgan fingerprint density at radius 3 is 2.44 bits per heavy atom. The first-order valence-corrected chi connectivity index (χ1v) is 12.4. The molecule has 0 radical (unpaired) electrons. The zero-order valence-corrected chi connectivity index (χ0v) is 20.2. The van der Waals surface area contributed by atoms with Crippen LogP contribution in [-0.2, 0) is 10.0 Å². The standard InChI is InChI=1S/C22H29ClN2O6S/c1-5-8-11-31-21-17(23)12-15(13-20(21)30-6-2)22(26)24-16-9-10-18(19(14-16)29-4)25-32(27,28)7-3/h9-10,12-14,25H,5-8,11H2,1-4H3,(H,24,26). The quantitative estimate of drug-likeness (QED) is 0.413. The van der Waals surface area contributed by atoms with Gasteiger partial charge in [0.1, 0.15) is 5.75 Å². The summed E-state index contributed by atoms with van der Waals surface area (Å²) in [5.41, 5.74) is 0.988. The minimum atomic E-state index is -3.47. The summed E-state index contributed by atoms with van der Waals surface area (Å²) >= 11 is 6.37. The topological polar surface area (TPSA) is 103 Å². The van der Waals surface area contributed by atoms with Gasteiger partial charge in [0.05, 0.1) is 36.8 Å². The third-order valence-corrected chi connectivity index (χ3v) is 5.99. The van der Waals surface area contributed by atoms with E-state index in [-0.39, 0.29) is 27.8 Å². The summed E-state index contributed by atoms with van der Waals surface area (Å²) < 4.78 is 42.8. The molecule has 0 spiro atoms. The first kappa shape index (κ1) is 25.6. The van der Waals surface area contributed by atoms with E-state index in [2.05, 4.69) is 17.0 Å². The number of rotatable bonds is 12. The molecule has 10 heteroatoms. The molecule has 176 valence electrons. The van der Waals surface area contributed by atoms with Crippen molar-refractivity contribution in [2.24, 2.45) is 0 Å². The number of carbonyl (C=O) groups excluding carboxylic acids is 1. The Morgan fingerprint density at radius 2 is 1.81 bits per heavy atom. The molecule has 2 aromatic carbocycles. The van der Waals surface area contributed by atoms with Gasteiger partial charge >= 0.3 is 0 Å². The van der Waals surface area contributed by atoms with Gasteiger partial charge in [0, 0.05) is 17.3 Å². The minimum absolute atomic E-state index is 0.0737. The second kappa shape index (κ2) is 11.8. The predicted octanol–water partition coefficient (Wildman–Crippen LogP) is 4.94. The number of amides is 1. The molecule has 0 bridgehead atoms. The van der Waals surface area contributed by atoms with Crippen LogP contribution in [0.3, 0.4) is 0 Å². The maximum Gasteiger partial charge on any atom is 0.255 e. The van der Waals surface area contributed by atoms with Crippen LogP contribution >= 0.6 is 11.6 Å². The second-order valence-corrected chi connectivity index (χ2v) is 9.21. The number of sulfonamides is 1. The molecular weight excluding hydrogens is 456 g/mol. The molecule has 0 aliphatic carbocycles. The molecule has 0 aromatic heterocycles. The average molecular weight is 485 g/mol. The van der Waals surface area contributed by atoms with E-state index in [1.54, 1.807) is 12.1 Å². The number of hydrogen-bond donors (Lipinski definition) is 2. The summed E-state index contributed by atoms with van der Waals surface area (Å²) in [6.07, 6.45) is 1.85. The third kappa shape index (κ3) is 6.93. The van der Waals surface area contributed by atoms with Crippen molar-refractivity contribution in [3.05, 3.63) is 40.9 Å². The highest BCUT2D eigenvalue weighted by Gasteiger charge is 2.18. The fourth-order valence-electron chi connectivity index (χ4n) is 2.72. The fourth-order valence-corrected chi connectivity index (χ4v) is 3.63. The molecule has 2 N–H and O–H groups in total. The van der Waals surface area contributed by atoms with E-state index in [0.717, 1.165) is 12.8 Å². The average Bonchev–Trinajstić information content (AvgIpc) is 2.76. The van der Waals surface area contributed by atoms with Crippen LogP contribution in [0.4, 0.5) is 11.4 Å². The molecule has 0 aliphatic heterocycles. The van der Waals surface area contributed by atoms with Crippen molar-refractivity contribution in [2.45, 2.75) is 33.6 Å². The van der Waals surface area contributed by atoms with Crippen molar-refractivity contribution < 1.29 is 27.4 Å². The summed E-state index contributed by atoms with van der Waals surface area (Å²) in [6, 6.07) is 7.71. The molecule has 0 saturated heterocycles. The van der Waals surface area contributed by atoms with Gasteiger partial charge in [0.2, 0.25) is 10.0 Å². The lowest BCUT2D eigenvalue weighted by Crippen LogP contribution is -2.16. The SMILES string of the molecule is CCCCOc1c(Cl)cc(C(=O)Nc2ccc(NS(=O)(=O)CC)c(OC)c2)cc1OCC. The maximum atomic E-state index is 12.8. The highest BCUT2D eigenvalue weighted by molar-refractivity contribution is 7.92. The van der Waals surface area contributed by atoms with Crippen LogP contribution in [0, 0.1) is 0 Å². The number of benzene rings is 2. The van der Waals surface area contributed by atoms with Crippen LogP contribution in [0.2, 0.25) is 5.02 Å². The largest absolute Gasteiger partial charge is 0.494 e. The minimum Gasteiger partial charge on any atom is -0.494 e. The van der Waals surface area contributed by atoms with Gasteiger partial charge in [-0.25, -0.2) is 8.42 Å². The number of halogens is 1. The van der Waals surface area contributed by atoms with Gasteiger partial charge in [-0.15, -0.1) is 0 Å². The van der Waals surface area contributed by atoms with Crippen LogP contribution in [-0.4, -0.2) is 40.4 Å². The molecule has 0 atom stereocenters. The van der Waals surface area contributed by atoms with E-state index in [1.165, 1.54) is 32.2 Å². The molecular formula is C22H29ClN2O6S. The van der Waals surface area contributed by atoms with Gasteiger partial charge in [-0.1, -0.05) is 24.9 Å². The first-order chi connectivity index (χ1) is 15.2. The Morgan fingerprint density at radius 1 is 1.06 bits per heavy atom. The van der Waals surface area contributed by atoms with E-state index in [1.807, 2.05) is 6.92 Å². The molecule has 0 heterocycles. The molecule has 2 aromatic rings. The number of methoxy groups -OCH3 is 1. The van der Waals surface area contributed by atoms with Crippen LogP contribution in [0.15, 0.2) is 30.3 Å². The molecule has 32 heavy (non-hydrogen) atoms. The number of nitrogens with one attached hydrogen (secondary N) is 2. The number of ether oxygens (including phenoxy) is 3. The van der Waals surface area contributed by atoms with E-state index < -0.39 is 15.9 Å². The zero-order chi connectivity index (χ0) is 23.7. The van der Waals surface area contributed by atoms with E-state index >= 15 is 0 Å². The van der Waals surface area contributed by atoms with Crippen LogP contribution < -0.4 is 24.2 Å².